The molecule has 2 aromatic carbocycles. The van der Waals surface area contributed by atoms with E-state index in [-0.39, 0.29) is 4.88 Å². The number of fused-ring (bicyclic) bond motifs is 1. The molecule has 0 fully saturated rings. The van der Waals surface area contributed by atoms with Crippen molar-refractivity contribution in [3.05, 3.63) is 69.7 Å². The summed E-state index contributed by atoms with van der Waals surface area (Å²) >= 11 is 13.2. The van der Waals surface area contributed by atoms with Crippen LogP contribution >= 0.6 is 34.5 Å². The first-order valence-corrected chi connectivity index (χ1v) is 8.88. The van der Waals surface area contributed by atoms with Crippen LogP contribution in [0.15, 0.2) is 54.7 Å². The van der Waals surface area contributed by atoms with Crippen LogP contribution in [0.2, 0.25) is 10.0 Å². The number of hydrogen-bond acceptors (Lipinski definition) is 3. The molecule has 0 aliphatic heterocycles. The minimum absolute atomic E-state index is 0.259. The van der Waals surface area contributed by atoms with Crippen LogP contribution in [0, 0.1) is 0 Å². The summed E-state index contributed by atoms with van der Waals surface area (Å²) in [5.74, 6) is -0.967. The SMILES string of the molecule is O=C(O)c1sc2nc(-c3ccc(Cl)c(Cl)c3)cn2c1-c1ccccc1. The molecule has 0 radical (unpaired) electrons. The molecule has 0 aliphatic carbocycles. The van der Waals surface area contributed by atoms with Crippen LogP contribution in [0.25, 0.3) is 27.5 Å². The minimum Gasteiger partial charge on any atom is -0.477 e. The number of halogens is 2. The Morgan fingerprint density at radius 2 is 1.80 bits per heavy atom. The van der Waals surface area contributed by atoms with Crippen LogP contribution in [0.3, 0.4) is 0 Å². The van der Waals surface area contributed by atoms with E-state index >= 15 is 0 Å². The number of benzene rings is 2. The lowest BCUT2D eigenvalue weighted by atomic mass is 10.1. The number of rotatable bonds is 3. The summed E-state index contributed by atoms with van der Waals surface area (Å²) in [5, 5.41) is 10.5. The van der Waals surface area contributed by atoms with Crippen molar-refractivity contribution in [2.45, 2.75) is 0 Å². The van der Waals surface area contributed by atoms with Gasteiger partial charge >= 0.3 is 5.97 Å². The second-order valence-corrected chi connectivity index (χ2v) is 7.15. The van der Waals surface area contributed by atoms with Crippen molar-refractivity contribution < 1.29 is 9.90 Å². The van der Waals surface area contributed by atoms with Crippen molar-refractivity contribution in [3.63, 3.8) is 0 Å². The number of carboxylic acids is 1. The monoisotopic (exact) mass is 388 g/mol. The Kier molecular flexibility index (Phi) is 4.00. The van der Waals surface area contributed by atoms with E-state index in [1.807, 2.05) is 42.6 Å². The van der Waals surface area contributed by atoms with Crippen LogP contribution < -0.4 is 0 Å². The van der Waals surface area contributed by atoms with Crippen LogP contribution in [0.1, 0.15) is 9.67 Å². The molecular weight excluding hydrogens is 379 g/mol. The predicted molar refractivity (Wildman–Crippen MR) is 101 cm³/mol. The number of carboxylic acid groups (broad SMARTS) is 1. The first-order chi connectivity index (χ1) is 12.0. The van der Waals surface area contributed by atoms with E-state index in [4.69, 9.17) is 23.2 Å². The molecule has 0 amide bonds. The summed E-state index contributed by atoms with van der Waals surface area (Å²) in [5.41, 5.74) is 2.97. The first-order valence-electron chi connectivity index (χ1n) is 7.30. The number of thiazole rings is 1. The van der Waals surface area contributed by atoms with Gasteiger partial charge in [0.05, 0.1) is 21.4 Å². The predicted octanol–water partition coefficient (Wildman–Crippen LogP) is 5.73. The number of aromatic nitrogens is 2. The number of aromatic carboxylic acids is 1. The van der Waals surface area contributed by atoms with Gasteiger partial charge in [-0.3, -0.25) is 4.40 Å². The van der Waals surface area contributed by atoms with Crippen LogP contribution in [0.4, 0.5) is 0 Å². The lowest BCUT2D eigenvalue weighted by Gasteiger charge is -2.02. The molecular formula is C18H10Cl2N2O2S. The Hall–Kier alpha value is -2.34. The topological polar surface area (TPSA) is 54.6 Å². The third-order valence-electron chi connectivity index (χ3n) is 3.78. The zero-order valence-electron chi connectivity index (χ0n) is 12.6. The quantitative estimate of drug-likeness (QED) is 0.487. The number of carbonyl (C=O) groups is 1. The Morgan fingerprint density at radius 3 is 2.48 bits per heavy atom. The molecule has 0 saturated carbocycles. The van der Waals surface area contributed by atoms with E-state index in [0.29, 0.717) is 26.4 Å². The molecule has 0 aliphatic rings. The van der Waals surface area contributed by atoms with Gasteiger partial charge in [-0.15, -0.1) is 0 Å². The van der Waals surface area contributed by atoms with Gasteiger partial charge in [-0.2, -0.15) is 0 Å². The summed E-state index contributed by atoms with van der Waals surface area (Å²) in [6.07, 6.45) is 1.82. The van der Waals surface area contributed by atoms with Gasteiger partial charge in [0.15, 0.2) is 4.96 Å². The summed E-state index contributed by atoms with van der Waals surface area (Å²) < 4.78 is 1.81. The van der Waals surface area contributed by atoms with Crippen molar-refractivity contribution >= 4 is 45.5 Å². The maximum atomic E-state index is 11.6. The van der Waals surface area contributed by atoms with Crippen LogP contribution in [0.5, 0.6) is 0 Å². The van der Waals surface area contributed by atoms with Crippen LogP contribution in [-0.4, -0.2) is 20.5 Å². The molecule has 124 valence electrons. The second-order valence-electron chi connectivity index (χ2n) is 5.36. The Bertz CT molecular complexity index is 1100. The lowest BCUT2D eigenvalue weighted by molar-refractivity contribution is 0.0702. The average molecular weight is 389 g/mol. The van der Waals surface area contributed by atoms with E-state index in [2.05, 4.69) is 4.98 Å². The summed E-state index contributed by atoms with van der Waals surface area (Å²) in [4.78, 5) is 17.1. The Labute approximate surface area is 156 Å². The second kappa shape index (κ2) is 6.19. The zero-order valence-corrected chi connectivity index (χ0v) is 14.9. The lowest BCUT2D eigenvalue weighted by Crippen LogP contribution is -1.97. The molecule has 2 aromatic heterocycles. The minimum atomic E-state index is -0.967. The van der Waals surface area contributed by atoms with Gasteiger partial charge in [0.2, 0.25) is 0 Å². The largest absolute Gasteiger partial charge is 0.477 e. The molecule has 7 heteroatoms. The molecule has 25 heavy (non-hydrogen) atoms. The molecule has 0 saturated heterocycles. The summed E-state index contributed by atoms with van der Waals surface area (Å²) in [6, 6.07) is 14.7. The fraction of sp³-hybridized carbons (Fsp3) is 0. The fourth-order valence-corrected chi connectivity index (χ4v) is 3.92. The van der Waals surface area contributed by atoms with Crippen LogP contribution in [-0.2, 0) is 0 Å². The highest BCUT2D eigenvalue weighted by Crippen LogP contribution is 2.35. The van der Waals surface area contributed by atoms with E-state index in [1.54, 1.807) is 16.5 Å². The molecule has 0 unspecified atom stereocenters. The van der Waals surface area contributed by atoms with Crippen molar-refractivity contribution in [1.29, 1.82) is 0 Å². The first kappa shape index (κ1) is 16.1. The number of nitrogens with zero attached hydrogens (tertiary/aromatic N) is 2. The fourth-order valence-electron chi connectivity index (χ4n) is 2.65. The highest BCUT2D eigenvalue weighted by Gasteiger charge is 2.21. The van der Waals surface area contributed by atoms with Crippen molar-refractivity contribution in [2.75, 3.05) is 0 Å². The van der Waals surface area contributed by atoms with Gasteiger partial charge < -0.3 is 5.11 Å². The molecule has 4 rings (SSSR count). The standard InChI is InChI=1S/C18H10Cl2N2O2S/c19-12-7-6-11(8-13(12)20)14-9-22-15(10-4-2-1-3-5-10)16(17(23)24)25-18(22)21-14/h1-9H,(H,23,24). The third kappa shape index (κ3) is 2.80. The normalized spacial score (nSPS) is 11.1. The maximum absolute atomic E-state index is 11.6. The molecule has 0 bridgehead atoms. The zero-order chi connectivity index (χ0) is 17.6. The van der Waals surface area contributed by atoms with Gasteiger partial charge in [-0.1, -0.05) is 70.9 Å². The van der Waals surface area contributed by atoms with E-state index in [0.717, 1.165) is 22.5 Å². The van der Waals surface area contributed by atoms with E-state index in [9.17, 15) is 9.90 Å². The smallest absolute Gasteiger partial charge is 0.348 e. The van der Waals surface area contributed by atoms with Gasteiger partial charge in [0, 0.05) is 17.3 Å². The van der Waals surface area contributed by atoms with Crippen molar-refractivity contribution in [2.24, 2.45) is 0 Å². The highest BCUT2D eigenvalue weighted by molar-refractivity contribution is 7.19. The van der Waals surface area contributed by atoms with Crippen molar-refractivity contribution in [3.8, 4) is 22.5 Å². The van der Waals surface area contributed by atoms with Crippen molar-refractivity contribution in [1.82, 2.24) is 9.38 Å². The highest BCUT2D eigenvalue weighted by atomic mass is 35.5. The number of imidazole rings is 1. The maximum Gasteiger partial charge on any atom is 0.348 e. The van der Waals surface area contributed by atoms with Gasteiger partial charge in [-0.05, 0) is 12.1 Å². The third-order valence-corrected chi connectivity index (χ3v) is 5.56. The molecule has 0 spiro atoms. The Morgan fingerprint density at radius 1 is 1.04 bits per heavy atom. The van der Waals surface area contributed by atoms with E-state index in [1.165, 1.54) is 0 Å². The molecule has 0 atom stereocenters. The number of hydrogen-bond donors (Lipinski definition) is 1. The molecule has 4 nitrogen and oxygen atoms in total. The van der Waals surface area contributed by atoms with Gasteiger partial charge in [-0.25, -0.2) is 9.78 Å². The molecule has 1 N–H and O–H groups in total. The Balaban J connectivity index is 1.93. The van der Waals surface area contributed by atoms with E-state index < -0.39 is 5.97 Å². The van der Waals surface area contributed by atoms with Gasteiger partial charge in [0.25, 0.3) is 0 Å². The summed E-state index contributed by atoms with van der Waals surface area (Å²) in [6.45, 7) is 0. The molecule has 4 aromatic rings. The van der Waals surface area contributed by atoms with Gasteiger partial charge in [0.1, 0.15) is 4.88 Å². The molecule has 2 heterocycles. The average Bonchev–Trinajstić information content (AvgIpc) is 3.16. The summed E-state index contributed by atoms with van der Waals surface area (Å²) in [7, 11) is 0.